The number of benzene rings is 3. The van der Waals surface area contributed by atoms with Crippen molar-refractivity contribution in [2.24, 2.45) is 29.6 Å². The molecule has 12 atom stereocenters. The van der Waals surface area contributed by atoms with Crippen LogP contribution in [0.4, 0.5) is 0 Å². The van der Waals surface area contributed by atoms with E-state index in [1.54, 1.807) is 94.2 Å². The molecule has 3 aromatic rings. The molecular formula is C81H123N13O14. The molecule has 5 N–H and O–H groups in total. The number of carbonyl (C=O) groups is 13. The maximum Gasteiger partial charge on any atom is 0.248 e. The molecule has 2 heterocycles. The van der Waals surface area contributed by atoms with Crippen LogP contribution < -0.4 is 21.3 Å². The van der Waals surface area contributed by atoms with E-state index >= 15 is 9.59 Å². The van der Waals surface area contributed by atoms with Gasteiger partial charge in [-0.25, -0.2) is 0 Å². The van der Waals surface area contributed by atoms with Crippen LogP contribution in [0.2, 0.25) is 0 Å². The third kappa shape index (κ3) is 26.3. The van der Waals surface area contributed by atoms with Crippen LogP contribution in [0.3, 0.4) is 0 Å². The maximum atomic E-state index is 15.7. The van der Waals surface area contributed by atoms with Gasteiger partial charge in [0.15, 0.2) is 0 Å². The van der Waals surface area contributed by atoms with Gasteiger partial charge in [0.2, 0.25) is 76.8 Å². The SMILES string of the molecule is CC(C)C[C@H]1CC(=O)N(C)C[C@@H](Cc2ccccc2)C(=O)N[C@@H]([C@@H](C)O)C(=O)N(C)[C@@H](C)C(=O)N(C)CCC(=O)N(C)[C@@H](CC(C)C)C(=O)N[C@@H](C(C)C)CC(=O)N[C@H](C(=O)N(C)[C@@H](Cc2ccccc2)C(=O)N(C)[C@@H](Cc2ccccc2)C(=O)N[C@@H](C)C(=O)N2CCCCC2)CC(=O)N(C)C[C@@H](C)C(=O)N1C. The van der Waals surface area contributed by atoms with Crippen LogP contribution in [-0.4, -0.2) is 276 Å². The molecule has 3 aromatic carbocycles. The summed E-state index contributed by atoms with van der Waals surface area (Å²) in [5, 5.41) is 22.5. The zero-order valence-corrected chi connectivity index (χ0v) is 67.1. The number of likely N-dealkylation sites (N-methyl/N-ethyl adjacent to an activating group) is 5. The molecular weight excluding hydrogens is 1380 g/mol. The second kappa shape index (κ2) is 42.5. The molecule has 5 rings (SSSR count). The Hall–Kier alpha value is -9.27. The standard InChI is InChI=1S/C81H123N13O14/c1-51(2)41-62-46-70(98)88(13)50-61(43-58-31-23-19-24-32-58)73(100)85-72(57(10)95)81(108)89(14)56(9)78(105)86(11)40-37-69(97)91(16)65(42-52(3)4)75(102)84-63(53(5)6)47-68(96)83-64(48-71(99)87(12)49-54(7)76(103)90(62)15)79(106)93(18)67(45-60-35-27-21-28-36-60)80(107)92(17)66(44-59-33-25-20-26-34-59)74(101)82-55(8)77(104)94-38-29-22-30-39-94/h19-21,23-28,31-36,51-57,61-67,72,95H,22,29-30,37-50H2,1-18H3,(H,82,101)(H,83,96)(H,84,102)(H,85,100)/t54-,55+,56+,57-,61-,62+,63-,64+,65+,66+,67+,72+/m1/s1. The van der Waals surface area contributed by atoms with Gasteiger partial charge in [-0.15, -0.1) is 0 Å². The Morgan fingerprint density at radius 3 is 1.61 bits per heavy atom. The molecule has 0 unspecified atom stereocenters. The van der Waals surface area contributed by atoms with Crippen molar-refractivity contribution in [3.8, 4) is 0 Å². The normalized spacial score (nSPS) is 23.2. The van der Waals surface area contributed by atoms with Gasteiger partial charge in [-0.2, -0.15) is 0 Å². The predicted molar refractivity (Wildman–Crippen MR) is 412 cm³/mol. The fourth-order valence-electron chi connectivity index (χ4n) is 13.9. The van der Waals surface area contributed by atoms with Crippen LogP contribution in [0, 0.1) is 29.6 Å². The van der Waals surface area contributed by atoms with E-state index < -0.39 is 162 Å². The van der Waals surface area contributed by atoms with Crippen LogP contribution in [0.5, 0.6) is 0 Å². The number of piperidine rings is 1. The number of amides is 13. The first-order valence-corrected chi connectivity index (χ1v) is 38.2. The number of carbonyl (C=O) groups excluding carboxylic acids is 13. The number of aliphatic hydroxyl groups is 1. The van der Waals surface area contributed by atoms with Crippen molar-refractivity contribution in [1.29, 1.82) is 0 Å². The van der Waals surface area contributed by atoms with E-state index in [0.29, 0.717) is 30.6 Å². The number of nitrogens with zero attached hydrogens (tertiary/aromatic N) is 9. The summed E-state index contributed by atoms with van der Waals surface area (Å²) in [7, 11) is 11.7. The highest BCUT2D eigenvalue weighted by Gasteiger charge is 2.42. The van der Waals surface area contributed by atoms with E-state index in [1.807, 2.05) is 64.1 Å². The first-order valence-electron chi connectivity index (χ1n) is 38.2. The minimum Gasteiger partial charge on any atom is -0.391 e. The minimum atomic E-state index is -1.70. The number of rotatable bonds is 19. The summed E-state index contributed by atoms with van der Waals surface area (Å²) in [5.41, 5.74) is 2.07. The van der Waals surface area contributed by atoms with Gasteiger partial charge in [0.05, 0.1) is 24.4 Å². The number of likely N-dealkylation sites (tertiary alicyclic amines) is 1. The average Bonchev–Trinajstić information content (AvgIpc) is 0.813. The minimum absolute atomic E-state index is 0.0181. The summed E-state index contributed by atoms with van der Waals surface area (Å²) in [6.07, 6.45) is 0.209. The third-order valence-corrected chi connectivity index (χ3v) is 21.0. The number of nitrogens with one attached hydrogen (secondary N) is 4. The molecule has 13 amide bonds. The van der Waals surface area contributed by atoms with Gasteiger partial charge in [-0.1, -0.05) is 139 Å². The Kier molecular flexibility index (Phi) is 35.1. The van der Waals surface area contributed by atoms with Gasteiger partial charge in [0, 0.05) is 133 Å². The van der Waals surface area contributed by atoms with E-state index in [0.717, 1.165) is 34.6 Å². The molecule has 27 heteroatoms. The summed E-state index contributed by atoms with van der Waals surface area (Å²) < 4.78 is 0. The lowest BCUT2D eigenvalue weighted by atomic mass is 9.95. The summed E-state index contributed by atoms with van der Waals surface area (Å²) >= 11 is 0. The smallest absolute Gasteiger partial charge is 0.248 e. The molecule has 596 valence electrons. The van der Waals surface area contributed by atoms with Gasteiger partial charge in [0.1, 0.15) is 42.3 Å². The van der Waals surface area contributed by atoms with Gasteiger partial charge in [-0.3, -0.25) is 62.3 Å². The largest absolute Gasteiger partial charge is 0.391 e. The summed E-state index contributed by atoms with van der Waals surface area (Å²) in [4.78, 5) is 203. The molecule has 108 heavy (non-hydrogen) atoms. The molecule has 0 spiro atoms. The monoisotopic (exact) mass is 1500 g/mol. The Morgan fingerprint density at radius 1 is 0.546 bits per heavy atom. The Morgan fingerprint density at radius 2 is 1.07 bits per heavy atom. The van der Waals surface area contributed by atoms with Crippen LogP contribution in [0.1, 0.15) is 144 Å². The van der Waals surface area contributed by atoms with Crippen LogP contribution in [-0.2, 0) is 81.6 Å². The Balaban J connectivity index is 1.59. The van der Waals surface area contributed by atoms with E-state index in [9.17, 15) is 57.8 Å². The first kappa shape index (κ1) is 89.4. The van der Waals surface area contributed by atoms with Gasteiger partial charge >= 0.3 is 0 Å². The Bertz CT molecular complexity index is 3520. The molecule has 27 nitrogen and oxygen atoms in total. The number of hydrogen-bond acceptors (Lipinski definition) is 14. The van der Waals surface area contributed by atoms with Crippen LogP contribution in [0.25, 0.3) is 0 Å². The summed E-state index contributed by atoms with van der Waals surface area (Å²) in [6, 6.07) is 16.3. The number of hydrogen-bond donors (Lipinski definition) is 5. The predicted octanol–water partition coefficient (Wildman–Crippen LogP) is 4.17. The highest BCUT2D eigenvalue weighted by atomic mass is 16.3. The van der Waals surface area contributed by atoms with Crippen molar-refractivity contribution < 1.29 is 67.4 Å². The molecule has 0 saturated carbocycles. The van der Waals surface area contributed by atoms with Gasteiger partial charge in [-0.05, 0) is 93.7 Å². The molecule has 2 fully saturated rings. The zero-order valence-electron chi connectivity index (χ0n) is 67.1. The highest BCUT2D eigenvalue weighted by molar-refractivity contribution is 5.98. The fraction of sp³-hybridized carbons (Fsp3) is 0.617. The van der Waals surface area contributed by atoms with Crippen molar-refractivity contribution >= 4 is 76.8 Å². The van der Waals surface area contributed by atoms with Crippen molar-refractivity contribution in [1.82, 2.24) is 65.4 Å². The molecule has 2 aliphatic heterocycles. The molecule has 0 radical (unpaired) electrons. The van der Waals surface area contributed by atoms with Crippen LogP contribution >= 0.6 is 0 Å². The molecule has 0 aromatic heterocycles. The topological polar surface area (TPSA) is 319 Å². The van der Waals surface area contributed by atoms with E-state index in [2.05, 4.69) is 21.3 Å². The van der Waals surface area contributed by atoms with E-state index in [4.69, 9.17) is 0 Å². The third-order valence-electron chi connectivity index (χ3n) is 21.0. The van der Waals surface area contributed by atoms with Crippen molar-refractivity contribution in [2.75, 3.05) is 89.1 Å². The molecule has 0 aliphatic carbocycles. The fourth-order valence-corrected chi connectivity index (χ4v) is 13.9. The van der Waals surface area contributed by atoms with Crippen LogP contribution in [0.15, 0.2) is 91.0 Å². The van der Waals surface area contributed by atoms with Gasteiger partial charge < -0.3 is 70.5 Å². The first-order chi connectivity index (χ1) is 50.8. The van der Waals surface area contributed by atoms with Crippen molar-refractivity contribution in [3.05, 3.63) is 108 Å². The lowest BCUT2D eigenvalue weighted by Gasteiger charge is -2.37. The van der Waals surface area contributed by atoms with Gasteiger partial charge in [0.25, 0.3) is 0 Å². The van der Waals surface area contributed by atoms with E-state index in [1.165, 1.54) is 92.6 Å². The lowest BCUT2D eigenvalue weighted by Crippen LogP contribution is -2.60. The Labute approximate surface area is 639 Å². The summed E-state index contributed by atoms with van der Waals surface area (Å²) in [5.74, 6) is -10.4. The molecule has 0 bridgehead atoms. The molecule has 2 aliphatic rings. The highest BCUT2D eigenvalue weighted by Crippen LogP contribution is 2.24. The maximum absolute atomic E-state index is 15.7. The average molecular weight is 1500 g/mol. The summed E-state index contributed by atoms with van der Waals surface area (Å²) in [6.45, 7) is 17.8. The zero-order chi connectivity index (χ0) is 80.5. The lowest BCUT2D eigenvalue weighted by molar-refractivity contribution is -0.150. The number of aliphatic hydroxyl groups excluding tert-OH is 1. The van der Waals surface area contributed by atoms with Crippen molar-refractivity contribution in [2.45, 2.75) is 207 Å². The second-order valence-corrected chi connectivity index (χ2v) is 31.1. The molecule has 2 saturated heterocycles. The second-order valence-electron chi connectivity index (χ2n) is 31.1. The quantitative estimate of drug-likeness (QED) is 0.113. The van der Waals surface area contributed by atoms with Crippen molar-refractivity contribution in [3.63, 3.8) is 0 Å². The van der Waals surface area contributed by atoms with E-state index in [-0.39, 0.29) is 75.9 Å².